The molecule has 0 unspecified atom stereocenters. The summed E-state index contributed by atoms with van der Waals surface area (Å²) in [6.45, 7) is 2.07. The normalized spacial score (nSPS) is 10.9. The van der Waals surface area contributed by atoms with Crippen LogP contribution in [0.15, 0.2) is 24.3 Å². The summed E-state index contributed by atoms with van der Waals surface area (Å²) in [6.07, 6.45) is 4.22. The summed E-state index contributed by atoms with van der Waals surface area (Å²) in [7, 11) is 5.06. The summed E-state index contributed by atoms with van der Waals surface area (Å²) in [5.74, 6) is 0.879. The number of hydrogen-bond acceptors (Lipinski definition) is 4. The molecule has 0 fully saturated rings. The first-order valence-electron chi connectivity index (χ1n) is 5.12. The fourth-order valence-corrected chi connectivity index (χ4v) is 4.06. The molecule has 0 radical (unpaired) electrons. The fraction of sp³-hybridized carbons (Fsp3) is 0.154. The highest BCUT2D eigenvalue weighted by molar-refractivity contribution is 7.79. The Balaban J connectivity index is 2.20. The third-order valence-corrected chi connectivity index (χ3v) is 5.75. The molecule has 1 aromatic carbocycles. The van der Waals surface area contributed by atoms with Crippen molar-refractivity contribution in [3.05, 3.63) is 44.1 Å². The van der Waals surface area contributed by atoms with Gasteiger partial charge in [-0.15, -0.1) is 0 Å². The van der Waals surface area contributed by atoms with Gasteiger partial charge in [-0.2, -0.15) is 0 Å². The van der Waals surface area contributed by atoms with E-state index in [9.17, 15) is 0 Å². The van der Waals surface area contributed by atoms with Crippen molar-refractivity contribution < 1.29 is 4.74 Å². The number of ether oxygens (including phenoxy) is 1. The molecule has 1 aromatic heterocycles. The molecule has 2 aromatic rings. The molecular formula is C13H12OS3. The van der Waals surface area contributed by atoms with Gasteiger partial charge in [0.15, 0.2) is 0 Å². The van der Waals surface area contributed by atoms with E-state index in [1.54, 1.807) is 27.8 Å². The Bertz CT molecular complexity index is 575. The van der Waals surface area contributed by atoms with Crippen molar-refractivity contribution in [1.82, 2.24) is 0 Å². The standard InChI is InChI=1S/C13H12OS3/c1-9-12(16-17-13(9)15)8-5-10-3-6-11(14-2)7-4-10/h3-8H,1-2H3. The minimum Gasteiger partial charge on any atom is -0.497 e. The van der Waals surface area contributed by atoms with Crippen LogP contribution in [0.4, 0.5) is 0 Å². The third kappa shape index (κ3) is 3.03. The first-order chi connectivity index (χ1) is 8.20. The molecule has 0 N–H and O–H groups in total. The van der Waals surface area contributed by atoms with E-state index in [0.29, 0.717) is 0 Å². The molecule has 88 valence electrons. The van der Waals surface area contributed by atoms with E-state index in [1.807, 2.05) is 24.3 Å². The lowest BCUT2D eigenvalue weighted by atomic mass is 10.2. The van der Waals surface area contributed by atoms with Crippen molar-refractivity contribution in [2.45, 2.75) is 6.92 Å². The summed E-state index contributed by atoms with van der Waals surface area (Å²) < 4.78 is 6.11. The predicted octanol–water partition coefficient (Wildman–Crippen LogP) is 5.03. The van der Waals surface area contributed by atoms with Gasteiger partial charge >= 0.3 is 0 Å². The molecule has 0 amide bonds. The molecule has 2 rings (SSSR count). The largest absolute Gasteiger partial charge is 0.497 e. The molecule has 0 atom stereocenters. The summed E-state index contributed by atoms with van der Waals surface area (Å²) in [5, 5.41) is 0. The van der Waals surface area contributed by atoms with Crippen LogP contribution in [0.1, 0.15) is 16.0 Å². The van der Waals surface area contributed by atoms with Gasteiger partial charge in [-0.1, -0.05) is 51.1 Å². The van der Waals surface area contributed by atoms with Gasteiger partial charge in [0.25, 0.3) is 0 Å². The van der Waals surface area contributed by atoms with Crippen LogP contribution in [0.3, 0.4) is 0 Å². The van der Waals surface area contributed by atoms with Crippen LogP contribution < -0.4 is 4.74 Å². The van der Waals surface area contributed by atoms with Crippen LogP contribution >= 0.6 is 32.9 Å². The van der Waals surface area contributed by atoms with Crippen LogP contribution in [-0.4, -0.2) is 7.11 Å². The lowest BCUT2D eigenvalue weighted by Crippen LogP contribution is -1.81. The topological polar surface area (TPSA) is 9.23 Å². The quantitative estimate of drug-likeness (QED) is 0.576. The zero-order chi connectivity index (χ0) is 12.3. The summed E-state index contributed by atoms with van der Waals surface area (Å²) in [5.41, 5.74) is 2.37. The van der Waals surface area contributed by atoms with Crippen molar-refractivity contribution in [3.8, 4) is 5.75 Å². The molecule has 4 heteroatoms. The van der Waals surface area contributed by atoms with Crippen molar-refractivity contribution in [2.24, 2.45) is 0 Å². The van der Waals surface area contributed by atoms with Gasteiger partial charge in [-0.3, -0.25) is 0 Å². The molecule has 17 heavy (non-hydrogen) atoms. The van der Waals surface area contributed by atoms with Gasteiger partial charge in [0, 0.05) is 4.88 Å². The van der Waals surface area contributed by atoms with Crippen molar-refractivity contribution in [2.75, 3.05) is 7.11 Å². The Morgan fingerprint density at radius 3 is 2.35 bits per heavy atom. The van der Waals surface area contributed by atoms with Gasteiger partial charge in [0.05, 0.1) is 7.11 Å². The third-order valence-electron chi connectivity index (χ3n) is 2.43. The van der Waals surface area contributed by atoms with Crippen LogP contribution in [0.5, 0.6) is 5.75 Å². The van der Waals surface area contributed by atoms with Gasteiger partial charge in [-0.05, 0) is 36.3 Å². The number of hydrogen-bond donors (Lipinski definition) is 0. The van der Waals surface area contributed by atoms with Crippen LogP contribution in [-0.2, 0) is 0 Å². The van der Waals surface area contributed by atoms with Crippen LogP contribution in [0, 0.1) is 10.7 Å². The maximum Gasteiger partial charge on any atom is 0.118 e. The number of benzene rings is 1. The van der Waals surface area contributed by atoms with Gasteiger partial charge in [0.1, 0.15) is 9.57 Å². The summed E-state index contributed by atoms with van der Waals surface area (Å²) in [6, 6.07) is 8.00. The zero-order valence-corrected chi connectivity index (χ0v) is 12.0. The Morgan fingerprint density at radius 1 is 1.12 bits per heavy atom. The summed E-state index contributed by atoms with van der Waals surface area (Å²) in [4.78, 5) is 1.25. The highest BCUT2D eigenvalue weighted by Gasteiger charge is 1.99. The Hall–Kier alpha value is -0.970. The highest BCUT2D eigenvalue weighted by Crippen LogP contribution is 2.26. The lowest BCUT2D eigenvalue weighted by molar-refractivity contribution is 0.415. The van der Waals surface area contributed by atoms with E-state index in [4.69, 9.17) is 17.0 Å². The molecule has 1 nitrogen and oxygen atoms in total. The zero-order valence-electron chi connectivity index (χ0n) is 9.60. The highest BCUT2D eigenvalue weighted by atomic mass is 32.9. The Labute approximate surface area is 113 Å². The molecule has 0 aliphatic carbocycles. The molecule has 0 spiro atoms. The number of methoxy groups -OCH3 is 1. The molecule has 0 aliphatic heterocycles. The first kappa shape index (κ1) is 12.5. The molecule has 0 saturated heterocycles. The maximum absolute atomic E-state index is 5.22. The van der Waals surface area contributed by atoms with E-state index < -0.39 is 0 Å². The van der Waals surface area contributed by atoms with Gasteiger partial charge in [0.2, 0.25) is 0 Å². The van der Waals surface area contributed by atoms with Crippen LogP contribution in [0.2, 0.25) is 0 Å². The van der Waals surface area contributed by atoms with Crippen molar-refractivity contribution >= 4 is 45.1 Å². The van der Waals surface area contributed by atoms with Gasteiger partial charge in [-0.25, -0.2) is 0 Å². The van der Waals surface area contributed by atoms with Crippen molar-refractivity contribution in [1.29, 1.82) is 0 Å². The SMILES string of the molecule is COc1ccc(C=Cc2ssc(=S)c2C)cc1. The lowest BCUT2D eigenvalue weighted by Gasteiger charge is -1.98. The van der Waals surface area contributed by atoms with E-state index in [2.05, 4.69) is 19.1 Å². The monoisotopic (exact) mass is 280 g/mol. The van der Waals surface area contributed by atoms with E-state index in [0.717, 1.165) is 15.1 Å². The molecule has 0 bridgehead atoms. The molecule has 1 heterocycles. The molecule has 0 saturated carbocycles. The molecule has 0 aliphatic rings. The predicted molar refractivity (Wildman–Crippen MR) is 79.7 cm³/mol. The average molecular weight is 280 g/mol. The first-order valence-corrected chi connectivity index (χ1v) is 7.68. The van der Waals surface area contributed by atoms with Crippen molar-refractivity contribution in [3.63, 3.8) is 0 Å². The summed E-state index contributed by atoms with van der Waals surface area (Å²) >= 11 is 5.22. The van der Waals surface area contributed by atoms with E-state index >= 15 is 0 Å². The second-order valence-electron chi connectivity index (χ2n) is 3.55. The van der Waals surface area contributed by atoms with Crippen LogP contribution in [0.25, 0.3) is 12.2 Å². The Kier molecular flexibility index (Phi) is 4.10. The maximum atomic E-state index is 5.22. The van der Waals surface area contributed by atoms with E-state index in [-0.39, 0.29) is 0 Å². The average Bonchev–Trinajstić information content (AvgIpc) is 2.68. The Morgan fingerprint density at radius 2 is 1.82 bits per heavy atom. The van der Waals surface area contributed by atoms with E-state index in [1.165, 1.54) is 10.4 Å². The smallest absolute Gasteiger partial charge is 0.118 e. The fourth-order valence-electron chi connectivity index (χ4n) is 1.35. The molecular weight excluding hydrogens is 268 g/mol. The van der Waals surface area contributed by atoms with Gasteiger partial charge < -0.3 is 4.74 Å². The second kappa shape index (κ2) is 5.58. The minimum atomic E-state index is 0.879. The number of rotatable bonds is 3. The second-order valence-corrected chi connectivity index (χ2v) is 6.40. The minimum absolute atomic E-state index is 0.879.